The lowest BCUT2D eigenvalue weighted by Crippen LogP contribution is -2.44. The zero-order valence-electron chi connectivity index (χ0n) is 18.9. The third-order valence-corrected chi connectivity index (χ3v) is 8.75. The molecular formula is C25H32N2O4S. The summed E-state index contributed by atoms with van der Waals surface area (Å²) in [5, 5.41) is 0. The van der Waals surface area contributed by atoms with Crippen LogP contribution in [0.25, 0.3) is 0 Å². The minimum absolute atomic E-state index is 0.0248. The predicted molar refractivity (Wildman–Crippen MR) is 124 cm³/mol. The molecule has 0 unspecified atom stereocenters. The second-order valence-corrected chi connectivity index (χ2v) is 11.0. The van der Waals surface area contributed by atoms with Gasteiger partial charge in [0.25, 0.3) is 5.91 Å². The minimum atomic E-state index is -3.85. The van der Waals surface area contributed by atoms with E-state index in [1.165, 1.54) is 43.2 Å². The van der Waals surface area contributed by atoms with Gasteiger partial charge in [-0.15, -0.1) is 0 Å². The number of fused-ring (bicyclic) bond motifs is 1. The van der Waals surface area contributed by atoms with E-state index in [9.17, 15) is 13.2 Å². The Morgan fingerprint density at radius 3 is 2.50 bits per heavy atom. The minimum Gasteiger partial charge on any atom is -0.495 e. The van der Waals surface area contributed by atoms with E-state index in [-0.39, 0.29) is 23.1 Å². The number of carbonyl (C=O) groups excluding carboxylic acids is 1. The molecule has 1 aliphatic heterocycles. The van der Waals surface area contributed by atoms with E-state index in [2.05, 4.69) is 0 Å². The van der Waals surface area contributed by atoms with Gasteiger partial charge in [-0.2, -0.15) is 4.31 Å². The van der Waals surface area contributed by atoms with Gasteiger partial charge in [0.2, 0.25) is 10.0 Å². The highest BCUT2D eigenvalue weighted by molar-refractivity contribution is 7.89. The van der Waals surface area contributed by atoms with Crippen molar-refractivity contribution in [2.45, 2.75) is 43.5 Å². The van der Waals surface area contributed by atoms with Crippen molar-refractivity contribution in [3.8, 4) is 5.75 Å². The molecule has 4 rings (SSSR count). The average molecular weight is 457 g/mol. The lowest BCUT2D eigenvalue weighted by Gasteiger charge is -2.41. The van der Waals surface area contributed by atoms with Crippen molar-refractivity contribution in [3.63, 3.8) is 0 Å². The van der Waals surface area contributed by atoms with Crippen LogP contribution in [0.2, 0.25) is 0 Å². The highest BCUT2D eigenvalue weighted by Crippen LogP contribution is 2.37. The summed E-state index contributed by atoms with van der Waals surface area (Å²) in [6.45, 7) is 1.74. The van der Waals surface area contributed by atoms with E-state index in [0.29, 0.717) is 11.5 Å². The van der Waals surface area contributed by atoms with Crippen molar-refractivity contribution in [3.05, 3.63) is 59.7 Å². The molecule has 0 aromatic heterocycles. The third kappa shape index (κ3) is 4.69. The number of piperidine rings is 1. The number of hydrogen-bond donors (Lipinski definition) is 0. The summed E-state index contributed by atoms with van der Waals surface area (Å²) >= 11 is 0. The lowest BCUT2D eigenvalue weighted by molar-refractivity contribution is 0.0520. The van der Waals surface area contributed by atoms with Crippen LogP contribution in [0.1, 0.15) is 48.0 Å². The molecule has 6 nitrogen and oxygen atoms in total. The summed E-state index contributed by atoms with van der Waals surface area (Å²) in [6.07, 6.45) is 6.02. The molecular weight excluding hydrogens is 424 g/mol. The van der Waals surface area contributed by atoms with Gasteiger partial charge in [-0.1, -0.05) is 49.6 Å². The van der Waals surface area contributed by atoms with Crippen molar-refractivity contribution in [1.82, 2.24) is 9.21 Å². The zero-order valence-corrected chi connectivity index (χ0v) is 19.7. The Labute approximate surface area is 191 Å². The second kappa shape index (κ2) is 9.63. The van der Waals surface area contributed by atoms with Crippen LogP contribution in [0.3, 0.4) is 0 Å². The van der Waals surface area contributed by atoms with Crippen LogP contribution >= 0.6 is 0 Å². The fourth-order valence-corrected chi connectivity index (χ4v) is 6.41. The van der Waals surface area contributed by atoms with Crippen LogP contribution < -0.4 is 4.74 Å². The van der Waals surface area contributed by atoms with Gasteiger partial charge >= 0.3 is 0 Å². The third-order valence-electron chi connectivity index (χ3n) is 6.93. The van der Waals surface area contributed by atoms with Gasteiger partial charge in [0.1, 0.15) is 10.6 Å². The van der Waals surface area contributed by atoms with Crippen molar-refractivity contribution in [2.75, 3.05) is 27.2 Å². The number of sulfonamides is 1. The summed E-state index contributed by atoms with van der Waals surface area (Å²) in [6, 6.07) is 14.2. The summed E-state index contributed by atoms with van der Waals surface area (Å²) < 4.78 is 33.4. The number of rotatable bonds is 6. The molecule has 0 radical (unpaired) electrons. The first-order valence-corrected chi connectivity index (χ1v) is 12.8. The Bertz CT molecular complexity index is 1050. The largest absolute Gasteiger partial charge is 0.495 e. The normalized spacial score (nSPS) is 21.3. The van der Waals surface area contributed by atoms with E-state index < -0.39 is 10.0 Å². The number of carbonyl (C=O) groups is 1. The second-order valence-electron chi connectivity index (χ2n) is 8.96. The molecule has 1 saturated carbocycles. The Balaban J connectivity index is 1.57. The van der Waals surface area contributed by atoms with E-state index >= 15 is 0 Å². The molecule has 0 N–H and O–H groups in total. The smallest absolute Gasteiger partial charge is 0.253 e. The molecule has 2 atom stereocenters. The molecule has 7 heteroatoms. The Morgan fingerprint density at radius 2 is 1.78 bits per heavy atom. The maximum atomic E-state index is 13.4. The van der Waals surface area contributed by atoms with Crippen LogP contribution in [-0.4, -0.2) is 50.8 Å². The van der Waals surface area contributed by atoms with Crippen LogP contribution in [0, 0.1) is 11.8 Å². The van der Waals surface area contributed by atoms with Gasteiger partial charge < -0.3 is 9.64 Å². The summed E-state index contributed by atoms with van der Waals surface area (Å²) in [5.74, 6) is 1.44. The van der Waals surface area contributed by atoms with Gasteiger partial charge in [-0.25, -0.2) is 8.42 Å². The van der Waals surface area contributed by atoms with Gasteiger partial charge in [0.15, 0.2) is 0 Å². The van der Waals surface area contributed by atoms with Gasteiger partial charge in [0, 0.05) is 32.2 Å². The molecule has 1 aliphatic carbocycles. The summed E-state index contributed by atoms with van der Waals surface area (Å²) in [5.41, 5.74) is 1.28. The highest BCUT2D eigenvalue weighted by Gasteiger charge is 2.34. The molecule has 1 amide bonds. The van der Waals surface area contributed by atoms with Gasteiger partial charge in [0.05, 0.1) is 7.11 Å². The number of likely N-dealkylation sites (tertiary alicyclic amines) is 1. The van der Waals surface area contributed by atoms with Crippen molar-refractivity contribution < 1.29 is 17.9 Å². The van der Waals surface area contributed by atoms with E-state index in [1.54, 1.807) is 19.2 Å². The number of amides is 1. The molecule has 2 fully saturated rings. The molecule has 2 aromatic carbocycles. The molecule has 32 heavy (non-hydrogen) atoms. The molecule has 0 bridgehead atoms. The molecule has 1 heterocycles. The summed E-state index contributed by atoms with van der Waals surface area (Å²) in [4.78, 5) is 15.2. The van der Waals surface area contributed by atoms with E-state index in [0.717, 1.165) is 31.0 Å². The SMILES string of the molecule is COc1ccc(C(=O)N2CC[C@@H]3CCCC[C@H]3C2)cc1S(=O)(=O)N(C)Cc1ccccc1. The molecule has 1 saturated heterocycles. The Morgan fingerprint density at radius 1 is 1.06 bits per heavy atom. The van der Waals surface area contributed by atoms with Crippen molar-refractivity contribution in [1.29, 1.82) is 0 Å². The predicted octanol–water partition coefficient (Wildman–Crippen LogP) is 4.17. The number of benzene rings is 2. The van der Waals surface area contributed by atoms with Crippen LogP contribution in [-0.2, 0) is 16.6 Å². The quantitative estimate of drug-likeness (QED) is 0.654. The molecule has 172 valence electrons. The van der Waals surface area contributed by atoms with Gasteiger partial charge in [-0.05, 0) is 48.4 Å². The number of ether oxygens (including phenoxy) is 1. The maximum Gasteiger partial charge on any atom is 0.253 e. The summed E-state index contributed by atoms with van der Waals surface area (Å²) in [7, 11) is -0.857. The van der Waals surface area contributed by atoms with Crippen LogP contribution in [0.5, 0.6) is 5.75 Å². The Kier molecular flexibility index (Phi) is 6.86. The highest BCUT2D eigenvalue weighted by atomic mass is 32.2. The van der Waals surface area contributed by atoms with Crippen molar-refractivity contribution >= 4 is 15.9 Å². The standard InChI is InChI=1S/C25H32N2O4S/c1-26(17-19-8-4-3-5-9-19)32(29,30)24-16-21(12-13-23(24)31-2)25(28)27-15-14-20-10-6-7-11-22(20)18-27/h3-5,8-9,12-13,16,20,22H,6-7,10-11,14-15,17-18H2,1-2H3/t20-,22-/m0/s1. The lowest BCUT2D eigenvalue weighted by atomic mass is 9.75. The first kappa shape index (κ1) is 22.8. The maximum absolute atomic E-state index is 13.4. The monoisotopic (exact) mass is 456 g/mol. The van der Waals surface area contributed by atoms with E-state index in [1.807, 2.05) is 35.2 Å². The zero-order chi connectivity index (χ0) is 22.7. The van der Waals surface area contributed by atoms with Crippen LogP contribution in [0.15, 0.2) is 53.4 Å². The molecule has 0 spiro atoms. The average Bonchev–Trinajstić information content (AvgIpc) is 2.83. The topological polar surface area (TPSA) is 66.9 Å². The fraction of sp³-hybridized carbons (Fsp3) is 0.480. The first-order chi connectivity index (χ1) is 15.4. The van der Waals surface area contributed by atoms with E-state index in [4.69, 9.17) is 4.74 Å². The van der Waals surface area contributed by atoms with Crippen molar-refractivity contribution in [2.24, 2.45) is 11.8 Å². The Hall–Kier alpha value is -2.38. The first-order valence-electron chi connectivity index (χ1n) is 11.4. The molecule has 2 aromatic rings. The number of hydrogen-bond acceptors (Lipinski definition) is 4. The number of methoxy groups -OCH3 is 1. The number of nitrogens with zero attached hydrogens (tertiary/aromatic N) is 2. The fourth-order valence-electron chi connectivity index (χ4n) is 5.07. The molecule has 2 aliphatic rings. The van der Waals surface area contributed by atoms with Crippen LogP contribution in [0.4, 0.5) is 0 Å². The van der Waals surface area contributed by atoms with Gasteiger partial charge in [-0.3, -0.25) is 4.79 Å².